The van der Waals surface area contributed by atoms with Gasteiger partial charge in [0.2, 0.25) is 5.88 Å². The minimum absolute atomic E-state index is 0.0575. The molecule has 0 aliphatic carbocycles. The van der Waals surface area contributed by atoms with Gasteiger partial charge in [-0.3, -0.25) is 4.79 Å². The third kappa shape index (κ3) is 3.65. The number of rotatable bonds is 6. The number of halogens is 2. The van der Waals surface area contributed by atoms with Gasteiger partial charge in [0.25, 0.3) is 5.91 Å². The molecule has 1 aromatic carbocycles. The summed E-state index contributed by atoms with van der Waals surface area (Å²) in [4.78, 5) is 13.9. The highest BCUT2D eigenvalue weighted by atomic mass is 19.3. The molecule has 2 heterocycles. The van der Waals surface area contributed by atoms with Crippen LogP contribution in [0.2, 0.25) is 0 Å². The molecular formula is C16H17F2N3O4. The van der Waals surface area contributed by atoms with Gasteiger partial charge in [-0.2, -0.15) is 13.9 Å². The maximum absolute atomic E-state index is 12.5. The number of amides is 1. The first-order valence-corrected chi connectivity index (χ1v) is 7.55. The van der Waals surface area contributed by atoms with Crippen molar-refractivity contribution in [2.24, 2.45) is 0 Å². The Morgan fingerprint density at radius 1 is 1.40 bits per heavy atom. The van der Waals surface area contributed by atoms with Crippen molar-refractivity contribution in [1.82, 2.24) is 14.7 Å². The standard InChI is InChI=1S/C16H17F2N3O4/c1-20(15(22)11-8-14-21(19-11)5-6-24-14)9-10-3-4-12(25-16(17)18)13(7-10)23-2/h3-4,7-8,16H,5-6,9H2,1-2H3. The number of methoxy groups -OCH3 is 1. The van der Waals surface area contributed by atoms with Crippen molar-refractivity contribution < 1.29 is 27.8 Å². The second kappa shape index (κ2) is 6.96. The zero-order valence-electron chi connectivity index (χ0n) is 13.7. The minimum atomic E-state index is -2.94. The summed E-state index contributed by atoms with van der Waals surface area (Å²) in [6.07, 6.45) is 0. The van der Waals surface area contributed by atoms with Gasteiger partial charge in [0, 0.05) is 19.7 Å². The maximum atomic E-state index is 12.5. The molecule has 7 nitrogen and oxygen atoms in total. The number of carbonyl (C=O) groups excluding carboxylic acids is 1. The molecule has 1 aliphatic rings. The average molecular weight is 353 g/mol. The van der Waals surface area contributed by atoms with Crippen molar-refractivity contribution in [1.29, 1.82) is 0 Å². The molecule has 0 unspecified atom stereocenters. The Labute approximate surface area is 142 Å². The Morgan fingerprint density at radius 2 is 2.20 bits per heavy atom. The highest BCUT2D eigenvalue weighted by Gasteiger charge is 2.22. The highest BCUT2D eigenvalue weighted by Crippen LogP contribution is 2.30. The Balaban J connectivity index is 1.71. The van der Waals surface area contributed by atoms with Crippen LogP contribution in [0.3, 0.4) is 0 Å². The Morgan fingerprint density at radius 3 is 2.88 bits per heavy atom. The maximum Gasteiger partial charge on any atom is 0.387 e. The summed E-state index contributed by atoms with van der Waals surface area (Å²) >= 11 is 0. The number of alkyl halides is 2. The third-order valence-corrected chi connectivity index (χ3v) is 3.73. The molecule has 0 bridgehead atoms. The predicted molar refractivity (Wildman–Crippen MR) is 83.1 cm³/mol. The van der Waals surface area contributed by atoms with E-state index in [0.29, 0.717) is 30.3 Å². The van der Waals surface area contributed by atoms with Gasteiger partial charge in [-0.1, -0.05) is 6.07 Å². The summed E-state index contributed by atoms with van der Waals surface area (Å²) in [5.74, 6) is 0.426. The van der Waals surface area contributed by atoms with E-state index in [2.05, 4.69) is 9.84 Å². The van der Waals surface area contributed by atoms with Crippen LogP contribution in [-0.2, 0) is 13.1 Å². The van der Waals surface area contributed by atoms with Crippen LogP contribution in [0.4, 0.5) is 8.78 Å². The topological polar surface area (TPSA) is 65.8 Å². The molecule has 1 aromatic heterocycles. The third-order valence-electron chi connectivity index (χ3n) is 3.73. The van der Waals surface area contributed by atoms with Crippen LogP contribution < -0.4 is 14.2 Å². The SMILES string of the molecule is COc1cc(CN(C)C(=O)c2cc3n(n2)CCO3)ccc1OC(F)F. The van der Waals surface area contributed by atoms with Gasteiger partial charge in [-0.25, -0.2) is 4.68 Å². The summed E-state index contributed by atoms with van der Waals surface area (Å²) in [7, 11) is 2.99. The molecule has 0 radical (unpaired) electrons. The summed E-state index contributed by atoms with van der Waals surface area (Å²) < 4.78 is 41.1. The molecule has 0 fully saturated rings. The normalized spacial score (nSPS) is 12.7. The fraction of sp³-hybridized carbons (Fsp3) is 0.375. The molecule has 0 spiro atoms. The largest absolute Gasteiger partial charge is 0.493 e. The number of nitrogens with zero attached hydrogens (tertiary/aromatic N) is 3. The number of aromatic nitrogens is 2. The van der Waals surface area contributed by atoms with Gasteiger partial charge < -0.3 is 19.1 Å². The fourth-order valence-electron chi connectivity index (χ4n) is 2.56. The van der Waals surface area contributed by atoms with Crippen molar-refractivity contribution >= 4 is 5.91 Å². The van der Waals surface area contributed by atoms with Crippen molar-refractivity contribution in [3.05, 3.63) is 35.5 Å². The van der Waals surface area contributed by atoms with Gasteiger partial charge in [0.05, 0.1) is 13.7 Å². The average Bonchev–Trinajstić information content (AvgIpc) is 3.16. The molecule has 0 saturated heterocycles. The number of ether oxygens (including phenoxy) is 3. The summed E-state index contributed by atoms with van der Waals surface area (Å²) in [5.41, 5.74) is 0.999. The van der Waals surface area contributed by atoms with Crippen molar-refractivity contribution in [2.75, 3.05) is 20.8 Å². The zero-order chi connectivity index (χ0) is 18.0. The first kappa shape index (κ1) is 17.0. The van der Waals surface area contributed by atoms with Gasteiger partial charge in [-0.15, -0.1) is 0 Å². The van der Waals surface area contributed by atoms with E-state index in [1.165, 1.54) is 18.1 Å². The molecule has 134 valence electrons. The molecule has 1 amide bonds. The zero-order valence-corrected chi connectivity index (χ0v) is 13.7. The molecule has 25 heavy (non-hydrogen) atoms. The van der Waals surface area contributed by atoms with Gasteiger partial charge in [-0.05, 0) is 17.7 Å². The van der Waals surface area contributed by atoms with Crippen molar-refractivity contribution in [3.63, 3.8) is 0 Å². The lowest BCUT2D eigenvalue weighted by Crippen LogP contribution is -2.26. The molecule has 0 N–H and O–H groups in total. The van der Waals surface area contributed by atoms with E-state index in [1.807, 2.05) is 0 Å². The lowest BCUT2D eigenvalue weighted by molar-refractivity contribution is -0.0512. The van der Waals surface area contributed by atoms with Crippen LogP contribution in [0.15, 0.2) is 24.3 Å². The van der Waals surface area contributed by atoms with Gasteiger partial charge >= 0.3 is 6.61 Å². The van der Waals surface area contributed by atoms with E-state index in [-0.39, 0.29) is 24.0 Å². The van der Waals surface area contributed by atoms with Gasteiger partial charge in [0.1, 0.15) is 6.61 Å². The smallest absolute Gasteiger partial charge is 0.387 e. The highest BCUT2D eigenvalue weighted by molar-refractivity contribution is 5.92. The molecule has 2 aromatic rings. The quantitative estimate of drug-likeness (QED) is 0.796. The number of fused-ring (bicyclic) bond motifs is 1. The molecule has 9 heteroatoms. The lowest BCUT2D eigenvalue weighted by atomic mass is 10.2. The fourth-order valence-corrected chi connectivity index (χ4v) is 2.56. The predicted octanol–water partition coefficient (Wildman–Crippen LogP) is 2.16. The van der Waals surface area contributed by atoms with E-state index in [1.54, 1.807) is 29.9 Å². The van der Waals surface area contributed by atoms with E-state index in [0.717, 1.165) is 0 Å². The molecular weight excluding hydrogens is 336 g/mol. The number of benzene rings is 1. The summed E-state index contributed by atoms with van der Waals surface area (Å²) in [5, 5.41) is 4.21. The van der Waals surface area contributed by atoms with Gasteiger partial charge in [0.15, 0.2) is 17.2 Å². The monoisotopic (exact) mass is 353 g/mol. The minimum Gasteiger partial charge on any atom is -0.493 e. The molecule has 3 rings (SSSR count). The van der Waals surface area contributed by atoms with Crippen LogP contribution in [0.5, 0.6) is 17.4 Å². The molecule has 0 atom stereocenters. The van der Waals surface area contributed by atoms with Crippen LogP contribution in [0.1, 0.15) is 16.1 Å². The Kier molecular flexibility index (Phi) is 4.73. The van der Waals surface area contributed by atoms with Crippen molar-refractivity contribution in [2.45, 2.75) is 19.7 Å². The van der Waals surface area contributed by atoms with E-state index >= 15 is 0 Å². The van der Waals surface area contributed by atoms with Crippen LogP contribution >= 0.6 is 0 Å². The Hall–Kier alpha value is -2.84. The van der Waals surface area contributed by atoms with E-state index < -0.39 is 6.61 Å². The van der Waals surface area contributed by atoms with Crippen LogP contribution in [0.25, 0.3) is 0 Å². The first-order chi connectivity index (χ1) is 12.0. The molecule has 0 saturated carbocycles. The first-order valence-electron chi connectivity index (χ1n) is 7.55. The van der Waals surface area contributed by atoms with Crippen LogP contribution in [-0.4, -0.2) is 48.0 Å². The Bertz CT molecular complexity index is 757. The van der Waals surface area contributed by atoms with Crippen molar-refractivity contribution in [3.8, 4) is 17.4 Å². The van der Waals surface area contributed by atoms with E-state index in [9.17, 15) is 13.6 Å². The summed E-state index contributed by atoms with van der Waals surface area (Å²) in [6, 6.07) is 6.14. The van der Waals surface area contributed by atoms with E-state index in [4.69, 9.17) is 9.47 Å². The number of carbonyl (C=O) groups is 1. The summed E-state index contributed by atoms with van der Waals surface area (Å²) in [6.45, 7) is -1.50. The second-order valence-corrected chi connectivity index (χ2v) is 5.46. The lowest BCUT2D eigenvalue weighted by Gasteiger charge is -2.17. The number of hydrogen-bond donors (Lipinski definition) is 0. The molecule has 1 aliphatic heterocycles. The van der Waals surface area contributed by atoms with Crippen LogP contribution in [0, 0.1) is 0 Å². The second-order valence-electron chi connectivity index (χ2n) is 5.46. The number of hydrogen-bond acceptors (Lipinski definition) is 5.